The lowest BCUT2D eigenvalue weighted by atomic mass is 10.2. The average Bonchev–Trinajstić information content (AvgIpc) is 2.63. The molecule has 0 saturated carbocycles. The minimum absolute atomic E-state index is 0.0728. The van der Waals surface area contributed by atoms with E-state index < -0.39 is 16.0 Å². The van der Waals surface area contributed by atoms with Crippen molar-refractivity contribution in [3.05, 3.63) is 35.9 Å². The largest absolute Gasteiger partial charge is 0.463 e. The summed E-state index contributed by atoms with van der Waals surface area (Å²) in [5.74, 6) is -0.582. The number of nitrogens with one attached hydrogen (secondary N) is 1. The highest BCUT2D eigenvalue weighted by atomic mass is 32.2. The summed E-state index contributed by atoms with van der Waals surface area (Å²) in [7, 11) is -1.92. The van der Waals surface area contributed by atoms with Crippen molar-refractivity contribution in [2.45, 2.75) is 6.92 Å². The van der Waals surface area contributed by atoms with Gasteiger partial charge in [0.25, 0.3) is 0 Å². The van der Waals surface area contributed by atoms with Crippen LogP contribution in [0.4, 0.5) is 5.69 Å². The van der Waals surface area contributed by atoms with Crippen molar-refractivity contribution >= 4 is 27.8 Å². The van der Waals surface area contributed by atoms with Gasteiger partial charge < -0.3 is 18.9 Å². The zero-order chi connectivity index (χ0) is 20.0. The Kier molecular flexibility index (Phi) is 11.3. The maximum Gasteiger partial charge on any atom is 0.330 e. The molecule has 0 unspecified atom stereocenters. The van der Waals surface area contributed by atoms with Gasteiger partial charge in [-0.3, -0.25) is 4.72 Å². The number of carbonyl (C=O) groups is 1. The fraction of sp³-hybridized carbons (Fsp3) is 0.500. The van der Waals surface area contributed by atoms with Crippen LogP contribution in [0.2, 0.25) is 0 Å². The van der Waals surface area contributed by atoms with Crippen molar-refractivity contribution in [1.29, 1.82) is 0 Å². The van der Waals surface area contributed by atoms with Gasteiger partial charge in [0.1, 0.15) is 0 Å². The Hall–Kier alpha value is -1.94. The smallest absolute Gasteiger partial charge is 0.330 e. The third-order valence-corrected chi connectivity index (χ3v) is 4.43. The fourth-order valence-electron chi connectivity index (χ4n) is 1.88. The van der Waals surface area contributed by atoms with E-state index in [9.17, 15) is 13.2 Å². The van der Waals surface area contributed by atoms with Gasteiger partial charge in [0, 0.05) is 18.9 Å². The Morgan fingerprint density at radius 2 is 1.67 bits per heavy atom. The van der Waals surface area contributed by atoms with Crippen molar-refractivity contribution in [2.75, 3.05) is 57.2 Å². The topological polar surface area (TPSA) is 100 Å². The van der Waals surface area contributed by atoms with Gasteiger partial charge in [-0.15, -0.1) is 0 Å². The molecule has 0 radical (unpaired) electrons. The molecule has 0 atom stereocenters. The first-order valence-corrected chi connectivity index (χ1v) is 10.2. The van der Waals surface area contributed by atoms with Gasteiger partial charge >= 0.3 is 5.97 Å². The van der Waals surface area contributed by atoms with Gasteiger partial charge in [-0.2, -0.15) is 0 Å². The van der Waals surface area contributed by atoms with Crippen molar-refractivity contribution < 1.29 is 32.2 Å². The average molecular weight is 401 g/mol. The summed E-state index contributed by atoms with van der Waals surface area (Å²) in [6.45, 7) is 3.81. The van der Waals surface area contributed by atoms with Crippen molar-refractivity contribution in [1.82, 2.24) is 0 Å². The quantitative estimate of drug-likeness (QED) is 0.288. The molecule has 0 saturated heterocycles. The van der Waals surface area contributed by atoms with E-state index >= 15 is 0 Å². The van der Waals surface area contributed by atoms with Crippen molar-refractivity contribution in [3.8, 4) is 0 Å². The predicted molar refractivity (Wildman–Crippen MR) is 103 cm³/mol. The molecule has 0 aliphatic carbocycles. The van der Waals surface area contributed by atoms with Crippen LogP contribution < -0.4 is 4.72 Å². The minimum atomic E-state index is -3.51. The first kappa shape index (κ1) is 23.1. The molecule has 0 aromatic heterocycles. The number of carbonyl (C=O) groups excluding carboxylic acids is 1. The van der Waals surface area contributed by atoms with Gasteiger partial charge in [0.2, 0.25) is 10.0 Å². The molecule has 0 bridgehead atoms. The van der Waals surface area contributed by atoms with E-state index in [0.29, 0.717) is 38.7 Å². The molecule has 152 valence electrons. The van der Waals surface area contributed by atoms with E-state index in [1.54, 1.807) is 44.4 Å². The highest BCUT2D eigenvalue weighted by molar-refractivity contribution is 7.92. The molecule has 0 amide bonds. The monoisotopic (exact) mass is 401 g/mol. The maximum absolute atomic E-state index is 12.0. The standard InChI is InChI=1S/C18H27NO7S/c1-3-26-18(20)9-6-16-4-7-17(8-5-16)19-27(21,22)15-14-25-13-12-24-11-10-23-2/h4-9,19H,3,10-15H2,1-2H3/b9-6+. The molecule has 9 heteroatoms. The number of hydrogen-bond acceptors (Lipinski definition) is 7. The lowest BCUT2D eigenvalue weighted by Crippen LogP contribution is -2.21. The van der Waals surface area contributed by atoms with Crippen LogP contribution in [-0.4, -0.2) is 66.9 Å². The van der Waals surface area contributed by atoms with Crippen molar-refractivity contribution in [2.24, 2.45) is 0 Å². The SMILES string of the molecule is CCOC(=O)/C=C/c1ccc(NS(=O)(=O)CCOCCOCCOC)cc1. The van der Waals surface area contributed by atoms with Gasteiger partial charge in [-0.1, -0.05) is 12.1 Å². The van der Waals surface area contributed by atoms with Crippen molar-refractivity contribution in [3.63, 3.8) is 0 Å². The van der Waals surface area contributed by atoms with Crippen LogP contribution in [0.5, 0.6) is 0 Å². The summed E-state index contributed by atoms with van der Waals surface area (Å²) in [5.41, 5.74) is 1.19. The number of anilines is 1. The maximum atomic E-state index is 12.0. The molecule has 0 fully saturated rings. The molecule has 1 N–H and O–H groups in total. The van der Waals surface area contributed by atoms with E-state index in [4.69, 9.17) is 18.9 Å². The Labute approximate surface area is 160 Å². The summed E-state index contributed by atoms with van der Waals surface area (Å²) < 4.78 is 46.6. The zero-order valence-electron chi connectivity index (χ0n) is 15.7. The summed E-state index contributed by atoms with van der Waals surface area (Å²) in [4.78, 5) is 11.3. The van der Waals surface area contributed by atoms with Crippen LogP contribution in [0.1, 0.15) is 12.5 Å². The van der Waals surface area contributed by atoms with Crippen LogP contribution in [0.3, 0.4) is 0 Å². The lowest BCUT2D eigenvalue weighted by molar-refractivity contribution is -0.137. The highest BCUT2D eigenvalue weighted by Crippen LogP contribution is 2.12. The van der Waals surface area contributed by atoms with Crippen LogP contribution in [0.25, 0.3) is 6.08 Å². The molecular weight excluding hydrogens is 374 g/mol. The number of sulfonamides is 1. The van der Waals surface area contributed by atoms with E-state index in [-0.39, 0.29) is 12.4 Å². The molecule has 1 rings (SSSR count). The second-order valence-electron chi connectivity index (χ2n) is 5.35. The molecule has 1 aromatic carbocycles. The minimum Gasteiger partial charge on any atom is -0.463 e. The summed E-state index contributed by atoms with van der Waals surface area (Å²) in [6.07, 6.45) is 2.91. The van der Waals surface area contributed by atoms with Gasteiger partial charge in [-0.25, -0.2) is 13.2 Å². The van der Waals surface area contributed by atoms with E-state index in [1.165, 1.54) is 6.08 Å². The van der Waals surface area contributed by atoms with E-state index in [1.807, 2.05) is 0 Å². The highest BCUT2D eigenvalue weighted by Gasteiger charge is 2.10. The van der Waals surface area contributed by atoms with Gasteiger partial charge in [-0.05, 0) is 30.7 Å². The third kappa shape index (κ3) is 11.4. The number of hydrogen-bond donors (Lipinski definition) is 1. The van der Waals surface area contributed by atoms with Crippen LogP contribution in [-0.2, 0) is 33.8 Å². The number of methoxy groups -OCH3 is 1. The Balaban J connectivity index is 2.33. The number of esters is 1. The second kappa shape index (κ2) is 13.3. The molecule has 0 aliphatic heterocycles. The zero-order valence-corrected chi connectivity index (χ0v) is 16.5. The summed E-state index contributed by atoms with van der Waals surface area (Å²) in [6, 6.07) is 6.63. The molecule has 0 heterocycles. The Morgan fingerprint density at radius 3 is 2.30 bits per heavy atom. The molecular formula is C18H27NO7S. The van der Waals surface area contributed by atoms with E-state index in [2.05, 4.69) is 4.72 Å². The first-order valence-electron chi connectivity index (χ1n) is 8.56. The second-order valence-corrected chi connectivity index (χ2v) is 7.19. The Bertz CT molecular complexity index is 671. The normalized spacial score (nSPS) is 11.6. The molecule has 1 aromatic rings. The third-order valence-electron chi connectivity index (χ3n) is 3.18. The number of rotatable bonds is 14. The van der Waals surface area contributed by atoms with Crippen LogP contribution >= 0.6 is 0 Å². The summed E-state index contributed by atoms with van der Waals surface area (Å²) >= 11 is 0. The number of ether oxygens (including phenoxy) is 4. The fourth-order valence-corrected chi connectivity index (χ4v) is 2.81. The number of benzene rings is 1. The molecule has 0 spiro atoms. The van der Waals surface area contributed by atoms with Gasteiger partial charge in [0.05, 0.1) is 45.4 Å². The van der Waals surface area contributed by atoms with E-state index in [0.717, 1.165) is 5.56 Å². The predicted octanol–water partition coefficient (Wildman–Crippen LogP) is 1.68. The van der Waals surface area contributed by atoms with Crippen LogP contribution in [0, 0.1) is 0 Å². The molecule has 27 heavy (non-hydrogen) atoms. The molecule has 0 aliphatic rings. The Morgan fingerprint density at radius 1 is 1.04 bits per heavy atom. The first-order chi connectivity index (χ1) is 13.0. The lowest BCUT2D eigenvalue weighted by Gasteiger charge is -2.09. The molecule has 8 nitrogen and oxygen atoms in total. The summed E-state index contributed by atoms with van der Waals surface area (Å²) in [5, 5.41) is 0. The van der Waals surface area contributed by atoms with Gasteiger partial charge in [0.15, 0.2) is 0 Å². The van der Waals surface area contributed by atoms with Crippen LogP contribution in [0.15, 0.2) is 30.3 Å².